The first-order valence-corrected chi connectivity index (χ1v) is 8.61. The van der Waals surface area contributed by atoms with E-state index in [0.29, 0.717) is 5.92 Å². The van der Waals surface area contributed by atoms with Crippen LogP contribution in [0.25, 0.3) is 0 Å². The van der Waals surface area contributed by atoms with Gasteiger partial charge in [-0.25, -0.2) is 4.98 Å². The zero-order chi connectivity index (χ0) is 15.8. The summed E-state index contributed by atoms with van der Waals surface area (Å²) in [5, 5.41) is 3.43. The number of hydrogen-bond donors (Lipinski definition) is 0. The van der Waals surface area contributed by atoms with Crippen LogP contribution < -0.4 is 0 Å². The molecule has 0 spiro atoms. The minimum absolute atomic E-state index is 0.208. The molecule has 1 nitrogen and oxygen atoms in total. The number of rotatable bonds is 3. The molecule has 0 aliphatic rings. The number of thiazole rings is 1. The second kappa shape index (κ2) is 5.92. The molecule has 0 bridgehead atoms. The first kappa shape index (κ1) is 16.2. The maximum absolute atomic E-state index is 4.78. The van der Waals surface area contributed by atoms with Gasteiger partial charge in [0.1, 0.15) is 0 Å². The smallest absolute Gasteiger partial charge is 0.0972 e. The highest BCUT2D eigenvalue weighted by Gasteiger charge is 2.17. The highest BCUT2D eigenvalue weighted by atomic mass is 32.1. The summed E-state index contributed by atoms with van der Waals surface area (Å²) < 4.78 is 0. The van der Waals surface area contributed by atoms with Crippen LogP contribution in [0.15, 0.2) is 17.5 Å². The maximum atomic E-state index is 4.78. The molecule has 0 unspecified atom stereocenters. The van der Waals surface area contributed by atoms with E-state index in [1.807, 2.05) is 0 Å². The number of nitrogens with zero attached hydrogens (tertiary/aromatic N) is 1. The van der Waals surface area contributed by atoms with Crippen molar-refractivity contribution in [1.29, 1.82) is 0 Å². The fraction of sp³-hybridized carbons (Fsp3) is 0.526. The van der Waals surface area contributed by atoms with E-state index in [0.717, 1.165) is 6.42 Å². The van der Waals surface area contributed by atoms with Gasteiger partial charge >= 0.3 is 0 Å². The lowest BCUT2D eigenvalue weighted by atomic mass is 9.83. The average molecular weight is 301 g/mol. The van der Waals surface area contributed by atoms with Crippen LogP contribution in [0.4, 0.5) is 0 Å². The third-order valence-corrected chi connectivity index (χ3v) is 4.92. The molecule has 0 aliphatic carbocycles. The Kier molecular flexibility index (Phi) is 4.57. The van der Waals surface area contributed by atoms with Crippen molar-refractivity contribution in [2.24, 2.45) is 0 Å². The fourth-order valence-electron chi connectivity index (χ4n) is 2.53. The van der Waals surface area contributed by atoms with Crippen molar-refractivity contribution in [3.63, 3.8) is 0 Å². The molecule has 0 saturated heterocycles. The fourth-order valence-corrected chi connectivity index (χ4v) is 3.50. The lowest BCUT2D eigenvalue weighted by Crippen LogP contribution is -2.12. The van der Waals surface area contributed by atoms with E-state index < -0.39 is 0 Å². The summed E-state index contributed by atoms with van der Waals surface area (Å²) >= 11 is 1.79. The molecule has 0 radical (unpaired) electrons. The maximum Gasteiger partial charge on any atom is 0.0972 e. The van der Waals surface area contributed by atoms with Gasteiger partial charge in [-0.3, -0.25) is 0 Å². The van der Waals surface area contributed by atoms with Gasteiger partial charge in [-0.05, 0) is 47.4 Å². The molecule has 2 aromatic rings. The normalized spacial score (nSPS) is 12.2. The summed E-state index contributed by atoms with van der Waals surface area (Å²) in [5.41, 5.74) is 7.06. The third-order valence-electron chi connectivity index (χ3n) is 4.05. The predicted octanol–water partition coefficient (Wildman–Crippen LogP) is 5.77. The molecular formula is C19H27NS. The molecule has 1 aromatic carbocycles. The minimum Gasteiger partial charge on any atom is -0.246 e. The molecular weight excluding hydrogens is 274 g/mol. The van der Waals surface area contributed by atoms with Gasteiger partial charge in [-0.15, -0.1) is 11.3 Å². The van der Waals surface area contributed by atoms with Gasteiger partial charge in [0.25, 0.3) is 0 Å². The first-order valence-electron chi connectivity index (χ1n) is 7.73. The van der Waals surface area contributed by atoms with Crippen molar-refractivity contribution in [3.8, 4) is 0 Å². The molecule has 1 heterocycles. The van der Waals surface area contributed by atoms with Crippen LogP contribution in [-0.4, -0.2) is 4.98 Å². The molecule has 21 heavy (non-hydrogen) atoms. The third kappa shape index (κ3) is 3.74. The van der Waals surface area contributed by atoms with E-state index in [1.54, 1.807) is 11.3 Å². The Labute approximate surface area is 133 Å². The van der Waals surface area contributed by atoms with Gasteiger partial charge in [0.05, 0.1) is 10.7 Å². The highest BCUT2D eigenvalue weighted by molar-refractivity contribution is 7.09. The standard InChI is InChI=1S/C19H27NS/c1-12(2)17-11-21-18(20-17)10-16-13(3)8-15(9-14(16)4)19(5,6)7/h8-9,11-12H,10H2,1-7H3. The number of aryl methyl sites for hydroxylation is 2. The average Bonchev–Trinajstić information content (AvgIpc) is 2.81. The molecule has 0 N–H and O–H groups in total. The van der Waals surface area contributed by atoms with Crippen molar-refractivity contribution >= 4 is 11.3 Å². The second-order valence-electron chi connectivity index (χ2n) is 7.34. The molecule has 0 saturated carbocycles. The molecule has 2 heteroatoms. The summed E-state index contributed by atoms with van der Waals surface area (Å²) in [4.78, 5) is 4.78. The summed E-state index contributed by atoms with van der Waals surface area (Å²) in [6, 6.07) is 4.69. The Morgan fingerprint density at radius 3 is 2.10 bits per heavy atom. The van der Waals surface area contributed by atoms with E-state index >= 15 is 0 Å². The number of hydrogen-bond acceptors (Lipinski definition) is 2. The van der Waals surface area contributed by atoms with E-state index in [2.05, 4.69) is 66.0 Å². The van der Waals surface area contributed by atoms with E-state index in [4.69, 9.17) is 4.98 Å². The summed E-state index contributed by atoms with van der Waals surface area (Å²) in [6.45, 7) is 15.7. The lowest BCUT2D eigenvalue weighted by Gasteiger charge is -2.22. The van der Waals surface area contributed by atoms with Gasteiger partial charge in [-0.1, -0.05) is 46.8 Å². The zero-order valence-corrected chi connectivity index (χ0v) is 15.2. The largest absolute Gasteiger partial charge is 0.246 e. The van der Waals surface area contributed by atoms with Crippen LogP contribution in [0.2, 0.25) is 0 Å². The zero-order valence-electron chi connectivity index (χ0n) is 14.4. The Balaban J connectivity index is 2.32. The van der Waals surface area contributed by atoms with Crippen LogP contribution in [0.1, 0.15) is 73.5 Å². The molecule has 2 rings (SSSR count). The van der Waals surface area contributed by atoms with Gasteiger partial charge in [0, 0.05) is 11.8 Å². The minimum atomic E-state index is 0.208. The second-order valence-corrected chi connectivity index (χ2v) is 8.28. The molecule has 0 amide bonds. The lowest BCUT2D eigenvalue weighted by molar-refractivity contribution is 0.588. The Bertz CT molecular complexity index is 606. The monoisotopic (exact) mass is 301 g/mol. The van der Waals surface area contributed by atoms with Gasteiger partial charge < -0.3 is 0 Å². The van der Waals surface area contributed by atoms with Crippen LogP contribution in [0.3, 0.4) is 0 Å². The van der Waals surface area contributed by atoms with Crippen molar-refractivity contribution in [1.82, 2.24) is 4.98 Å². The topological polar surface area (TPSA) is 12.9 Å². The van der Waals surface area contributed by atoms with E-state index in [1.165, 1.54) is 33.0 Å². The SMILES string of the molecule is Cc1cc(C(C)(C)C)cc(C)c1Cc1nc(C(C)C)cs1. The molecule has 0 atom stereocenters. The number of aromatic nitrogens is 1. The molecule has 0 fully saturated rings. The molecule has 0 aliphatic heterocycles. The first-order chi connectivity index (χ1) is 9.68. The van der Waals surface area contributed by atoms with Crippen molar-refractivity contribution in [2.45, 2.75) is 66.2 Å². The predicted molar refractivity (Wildman–Crippen MR) is 93.6 cm³/mol. The summed E-state index contributed by atoms with van der Waals surface area (Å²) in [6.07, 6.45) is 0.958. The quantitative estimate of drug-likeness (QED) is 0.701. The Hall–Kier alpha value is -1.15. The van der Waals surface area contributed by atoms with Gasteiger partial charge in [-0.2, -0.15) is 0 Å². The van der Waals surface area contributed by atoms with Crippen molar-refractivity contribution < 1.29 is 0 Å². The van der Waals surface area contributed by atoms with Gasteiger partial charge in [0.2, 0.25) is 0 Å². The van der Waals surface area contributed by atoms with Crippen molar-refractivity contribution in [3.05, 3.63) is 50.5 Å². The molecule has 1 aromatic heterocycles. The summed E-state index contributed by atoms with van der Waals surface area (Å²) in [5.74, 6) is 0.514. The van der Waals surface area contributed by atoms with Crippen molar-refractivity contribution in [2.75, 3.05) is 0 Å². The number of benzene rings is 1. The van der Waals surface area contributed by atoms with E-state index in [9.17, 15) is 0 Å². The van der Waals surface area contributed by atoms with Crippen LogP contribution in [-0.2, 0) is 11.8 Å². The summed E-state index contributed by atoms with van der Waals surface area (Å²) in [7, 11) is 0. The Morgan fingerprint density at radius 2 is 1.67 bits per heavy atom. The van der Waals surface area contributed by atoms with Crippen LogP contribution in [0.5, 0.6) is 0 Å². The van der Waals surface area contributed by atoms with Crippen LogP contribution in [0, 0.1) is 13.8 Å². The molecule has 114 valence electrons. The van der Waals surface area contributed by atoms with Gasteiger partial charge in [0.15, 0.2) is 0 Å². The highest BCUT2D eigenvalue weighted by Crippen LogP contribution is 2.29. The van der Waals surface area contributed by atoms with Crippen LogP contribution >= 0.6 is 11.3 Å². The Morgan fingerprint density at radius 1 is 1.10 bits per heavy atom. The van der Waals surface area contributed by atoms with E-state index in [-0.39, 0.29) is 5.41 Å².